The van der Waals surface area contributed by atoms with Gasteiger partial charge in [-0.3, -0.25) is 14.9 Å². The van der Waals surface area contributed by atoms with Gasteiger partial charge in [-0.15, -0.1) is 0 Å². The normalized spacial score (nSPS) is 12.6. The van der Waals surface area contributed by atoms with E-state index >= 15 is 0 Å². The SMILES string of the molecule is Cc1ccc(/C=C/S(=O)(=O)NCCC(=O)O[C@H](C)c2cccc([N+](=O)[O-])c2)cc1. The minimum Gasteiger partial charge on any atom is -0.458 e. The van der Waals surface area contributed by atoms with E-state index in [0.29, 0.717) is 5.56 Å². The van der Waals surface area contributed by atoms with Crippen molar-refractivity contribution in [2.45, 2.75) is 26.4 Å². The van der Waals surface area contributed by atoms with Crippen molar-refractivity contribution in [2.24, 2.45) is 0 Å². The van der Waals surface area contributed by atoms with Gasteiger partial charge in [-0.25, -0.2) is 13.1 Å². The molecule has 0 saturated carbocycles. The summed E-state index contributed by atoms with van der Waals surface area (Å²) in [4.78, 5) is 22.2. The molecule has 29 heavy (non-hydrogen) atoms. The summed E-state index contributed by atoms with van der Waals surface area (Å²) >= 11 is 0. The Morgan fingerprint density at radius 1 is 1.24 bits per heavy atom. The van der Waals surface area contributed by atoms with Crippen LogP contribution in [0.2, 0.25) is 0 Å². The van der Waals surface area contributed by atoms with Crippen molar-refractivity contribution in [3.8, 4) is 0 Å². The largest absolute Gasteiger partial charge is 0.458 e. The third-order valence-corrected chi connectivity index (χ3v) is 5.11. The Hall–Kier alpha value is -3.04. The number of non-ortho nitro benzene ring substituents is 1. The Kier molecular flexibility index (Phi) is 7.63. The number of carbonyl (C=O) groups is 1. The lowest BCUT2D eigenvalue weighted by Gasteiger charge is -2.13. The van der Waals surface area contributed by atoms with Crippen LogP contribution in [0.15, 0.2) is 53.9 Å². The number of ether oxygens (including phenoxy) is 1. The number of hydrogen-bond acceptors (Lipinski definition) is 6. The molecule has 0 amide bonds. The first-order valence-corrected chi connectivity index (χ1v) is 10.4. The lowest BCUT2D eigenvalue weighted by molar-refractivity contribution is -0.385. The van der Waals surface area contributed by atoms with Crippen molar-refractivity contribution in [3.63, 3.8) is 0 Å². The Balaban J connectivity index is 1.83. The maximum absolute atomic E-state index is 12.0. The number of benzene rings is 2. The number of hydrogen-bond donors (Lipinski definition) is 1. The van der Waals surface area contributed by atoms with Crippen molar-refractivity contribution in [1.82, 2.24) is 4.72 Å². The van der Waals surface area contributed by atoms with Gasteiger partial charge in [-0.2, -0.15) is 0 Å². The van der Waals surface area contributed by atoms with Gasteiger partial charge in [0.05, 0.1) is 11.3 Å². The molecule has 8 nitrogen and oxygen atoms in total. The van der Waals surface area contributed by atoms with Gasteiger partial charge in [0.2, 0.25) is 10.0 Å². The Morgan fingerprint density at radius 3 is 2.59 bits per heavy atom. The van der Waals surface area contributed by atoms with Gasteiger partial charge in [-0.1, -0.05) is 42.0 Å². The maximum atomic E-state index is 12.0. The van der Waals surface area contributed by atoms with Crippen LogP contribution in [0.5, 0.6) is 0 Å². The fraction of sp³-hybridized carbons (Fsp3) is 0.250. The number of nitrogens with zero attached hydrogens (tertiary/aromatic N) is 1. The highest BCUT2D eigenvalue weighted by molar-refractivity contribution is 7.92. The average molecular weight is 418 g/mol. The number of rotatable bonds is 9. The predicted molar refractivity (Wildman–Crippen MR) is 109 cm³/mol. The molecule has 154 valence electrons. The topological polar surface area (TPSA) is 116 Å². The maximum Gasteiger partial charge on any atom is 0.307 e. The summed E-state index contributed by atoms with van der Waals surface area (Å²) in [6, 6.07) is 13.1. The second-order valence-corrected chi connectivity index (χ2v) is 8.04. The molecule has 2 rings (SSSR count). The number of esters is 1. The van der Waals surface area contributed by atoms with E-state index in [1.54, 1.807) is 25.1 Å². The second-order valence-electron chi connectivity index (χ2n) is 6.39. The standard InChI is InChI=1S/C20H22N2O6S/c1-15-6-8-17(9-7-15)11-13-29(26,27)21-12-10-20(23)28-16(2)18-4-3-5-19(14-18)22(24)25/h3-9,11,13-14,16,21H,10,12H2,1-2H3/b13-11+/t16-/m1/s1. The zero-order chi connectivity index (χ0) is 21.4. The molecule has 0 saturated heterocycles. The molecule has 0 aliphatic rings. The third-order valence-electron chi connectivity index (χ3n) is 4.01. The first kappa shape index (κ1) is 22.3. The van der Waals surface area contributed by atoms with Crippen LogP contribution in [0.25, 0.3) is 6.08 Å². The van der Waals surface area contributed by atoms with E-state index < -0.39 is 27.0 Å². The average Bonchev–Trinajstić information content (AvgIpc) is 2.67. The zero-order valence-corrected chi connectivity index (χ0v) is 16.9. The smallest absolute Gasteiger partial charge is 0.307 e. The Bertz CT molecular complexity index is 1000. The third kappa shape index (κ3) is 7.47. The van der Waals surface area contributed by atoms with Gasteiger partial charge in [0.25, 0.3) is 5.69 Å². The van der Waals surface area contributed by atoms with Crippen LogP contribution in [0.3, 0.4) is 0 Å². The molecule has 0 unspecified atom stereocenters. The summed E-state index contributed by atoms with van der Waals surface area (Å²) < 4.78 is 31.5. The number of sulfonamides is 1. The molecular weight excluding hydrogens is 396 g/mol. The zero-order valence-electron chi connectivity index (χ0n) is 16.1. The molecule has 2 aromatic rings. The van der Waals surface area contributed by atoms with Gasteiger partial charge in [-0.05, 0) is 31.1 Å². The van der Waals surface area contributed by atoms with Crippen LogP contribution in [0, 0.1) is 17.0 Å². The minimum atomic E-state index is -3.69. The van der Waals surface area contributed by atoms with Crippen LogP contribution >= 0.6 is 0 Å². The molecule has 1 atom stereocenters. The molecule has 2 aromatic carbocycles. The quantitative estimate of drug-likeness (QED) is 0.379. The Morgan fingerprint density at radius 2 is 1.93 bits per heavy atom. The number of aryl methyl sites for hydroxylation is 1. The lowest BCUT2D eigenvalue weighted by atomic mass is 10.1. The van der Waals surface area contributed by atoms with Gasteiger partial charge in [0.1, 0.15) is 6.10 Å². The van der Waals surface area contributed by atoms with Gasteiger partial charge >= 0.3 is 5.97 Å². The molecule has 0 aliphatic carbocycles. The molecule has 0 bridgehead atoms. The highest BCUT2D eigenvalue weighted by atomic mass is 32.2. The van der Waals surface area contributed by atoms with Crippen LogP contribution in [0.4, 0.5) is 5.69 Å². The number of nitrogens with one attached hydrogen (secondary N) is 1. The Labute approximate surface area is 169 Å². The first-order chi connectivity index (χ1) is 13.7. The van der Waals surface area contributed by atoms with Crippen molar-refractivity contribution in [1.29, 1.82) is 0 Å². The summed E-state index contributed by atoms with van der Waals surface area (Å²) in [7, 11) is -3.69. The highest BCUT2D eigenvalue weighted by Gasteiger charge is 2.15. The summed E-state index contributed by atoms with van der Waals surface area (Å²) in [5.41, 5.74) is 2.19. The molecular formula is C20H22N2O6S. The summed E-state index contributed by atoms with van der Waals surface area (Å²) in [5.74, 6) is -0.616. The van der Waals surface area contributed by atoms with Gasteiger partial charge < -0.3 is 4.74 Å². The number of nitro benzene ring substituents is 1. The van der Waals surface area contributed by atoms with Crippen molar-refractivity contribution in [3.05, 3.63) is 80.7 Å². The van der Waals surface area contributed by atoms with Gasteiger partial charge in [0, 0.05) is 24.1 Å². The molecule has 0 fully saturated rings. The molecule has 0 radical (unpaired) electrons. The van der Waals surface area contributed by atoms with E-state index in [-0.39, 0.29) is 18.7 Å². The number of carbonyl (C=O) groups excluding carboxylic acids is 1. The van der Waals surface area contributed by atoms with Crippen molar-refractivity contribution < 1.29 is 22.9 Å². The summed E-state index contributed by atoms with van der Waals surface area (Å²) in [6.07, 6.45) is 0.599. The summed E-state index contributed by atoms with van der Waals surface area (Å²) in [5, 5.41) is 11.9. The number of nitro groups is 1. The minimum absolute atomic E-state index is 0.0986. The van der Waals surface area contributed by atoms with E-state index in [0.717, 1.165) is 16.5 Å². The molecule has 1 N–H and O–H groups in total. The summed E-state index contributed by atoms with van der Waals surface area (Å²) in [6.45, 7) is 3.40. The monoisotopic (exact) mass is 418 g/mol. The van der Waals surface area contributed by atoms with Crippen LogP contribution < -0.4 is 4.72 Å². The second kappa shape index (κ2) is 9.94. The van der Waals surface area contributed by atoms with Crippen molar-refractivity contribution in [2.75, 3.05) is 6.54 Å². The fourth-order valence-corrected chi connectivity index (χ4v) is 3.22. The highest BCUT2D eigenvalue weighted by Crippen LogP contribution is 2.22. The van der Waals surface area contributed by atoms with Crippen LogP contribution in [-0.2, 0) is 19.6 Å². The van der Waals surface area contributed by atoms with E-state index in [1.807, 2.05) is 19.1 Å². The lowest BCUT2D eigenvalue weighted by Crippen LogP contribution is -2.25. The van der Waals surface area contributed by atoms with E-state index in [4.69, 9.17) is 4.74 Å². The first-order valence-electron chi connectivity index (χ1n) is 8.84. The van der Waals surface area contributed by atoms with Gasteiger partial charge in [0.15, 0.2) is 0 Å². The molecule has 0 aliphatic heterocycles. The van der Waals surface area contributed by atoms with Crippen molar-refractivity contribution >= 4 is 27.8 Å². The molecule has 0 aromatic heterocycles. The molecule has 0 heterocycles. The predicted octanol–water partition coefficient (Wildman–Crippen LogP) is 3.49. The molecule has 9 heteroatoms. The van der Waals surface area contributed by atoms with E-state index in [2.05, 4.69) is 4.72 Å². The fourth-order valence-electron chi connectivity index (χ4n) is 2.40. The van der Waals surface area contributed by atoms with Crippen LogP contribution in [0.1, 0.15) is 36.1 Å². The van der Waals surface area contributed by atoms with E-state index in [9.17, 15) is 23.3 Å². The molecule has 0 spiro atoms. The van der Waals surface area contributed by atoms with Crippen LogP contribution in [-0.4, -0.2) is 25.9 Å². The van der Waals surface area contributed by atoms with E-state index in [1.165, 1.54) is 24.3 Å².